The zero-order valence-corrected chi connectivity index (χ0v) is 29.9. The molecule has 2 heterocycles. The number of carbonyl (C=O) groups excluding carboxylic acids is 4. The van der Waals surface area contributed by atoms with E-state index in [0.29, 0.717) is 44.4 Å². The van der Waals surface area contributed by atoms with E-state index in [1.165, 1.54) is 9.80 Å². The molecule has 7 aromatic rings. The predicted octanol–water partition coefficient (Wildman–Crippen LogP) is 10.6. The van der Waals surface area contributed by atoms with Gasteiger partial charge in [-0.1, -0.05) is 75.2 Å². The van der Waals surface area contributed by atoms with Gasteiger partial charge in [-0.25, -0.2) is 9.80 Å². The van der Waals surface area contributed by atoms with Gasteiger partial charge < -0.3 is 0 Å². The van der Waals surface area contributed by atoms with Gasteiger partial charge in [0.2, 0.25) is 0 Å². The van der Waals surface area contributed by atoms with Gasteiger partial charge in [-0.3, -0.25) is 19.2 Å². The number of benzene rings is 7. The minimum absolute atomic E-state index is 0.328. The zero-order valence-electron chi connectivity index (χ0n) is 29.9. The Morgan fingerprint density at radius 1 is 0.462 bits per heavy atom. The summed E-state index contributed by atoms with van der Waals surface area (Å²) in [7, 11) is 0. The van der Waals surface area contributed by atoms with Crippen LogP contribution in [-0.2, 0) is 12.8 Å². The SMILES string of the molecule is CCCCc1ccc(C)c(N2C(=O)c3ccc4c5ccc6c7c(ccc(c8ccc(c3c48)C2=O)c75)C(=O)N(c2cc(C)ccc2CCCC)C6=O)c1. The van der Waals surface area contributed by atoms with Crippen LogP contribution in [0, 0.1) is 13.8 Å². The molecule has 52 heavy (non-hydrogen) atoms. The molecular weight excluding hydrogens is 645 g/mol. The van der Waals surface area contributed by atoms with Crippen LogP contribution >= 0.6 is 0 Å². The second kappa shape index (κ2) is 11.8. The van der Waals surface area contributed by atoms with Crippen LogP contribution in [0.5, 0.6) is 0 Å². The number of nitrogens with zero attached hydrogens (tertiary/aromatic N) is 2. The van der Waals surface area contributed by atoms with Crippen molar-refractivity contribution >= 4 is 78.1 Å². The van der Waals surface area contributed by atoms with Crippen LogP contribution in [0.4, 0.5) is 11.4 Å². The lowest BCUT2D eigenvalue weighted by Gasteiger charge is -2.31. The van der Waals surface area contributed by atoms with Gasteiger partial charge >= 0.3 is 0 Å². The molecule has 0 fully saturated rings. The molecule has 0 saturated carbocycles. The van der Waals surface area contributed by atoms with E-state index >= 15 is 0 Å². The lowest BCUT2D eigenvalue weighted by Crippen LogP contribution is -2.41. The highest BCUT2D eigenvalue weighted by Crippen LogP contribution is 2.47. The summed E-state index contributed by atoms with van der Waals surface area (Å²) < 4.78 is 0. The van der Waals surface area contributed by atoms with E-state index in [1.54, 1.807) is 0 Å². The Morgan fingerprint density at radius 3 is 1.40 bits per heavy atom. The fourth-order valence-corrected chi connectivity index (χ4v) is 8.60. The van der Waals surface area contributed by atoms with Gasteiger partial charge in [0.25, 0.3) is 23.6 Å². The molecule has 6 nitrogen and oxygen atoms in total. The summed E-state index contributed by atoms with van der Waals surface area (Å²) in [4.78, 5) is 60.2. The summed E-state index contributed by atoms with van der Waals surface area (Å²) in [6.07, 6.45) is 5.72. The largest absolute Gasteiger partial charge is 0.268 e. The third-order valence-corrected chi connectivity index (χ3v) is 11.3. The van der Waals surface area contributed by atoms with Crippen molar-refractivity contribution in [3.8, 4) is 0 Å². The molecule has 0 atom stereocenters. The van der Waals surface area contributed by atoms with Gasteiger partial charge in [-0.2, -0.15) is 0 Å². The number of unbranched alkanes of at least 4 members (excludes halogenated alkanes) is 2. The van der Waals surface area contributed by atoms with Crippen LogP contribution in [0.3, 0.4) is 0 Å². The molecule has 256 valence electrons. The van der Waals surface area contributed by atoms with Crippen LogP contribution in [0.2, 0.25) is 0 Å². The van der Waals surface area contributed by atoms with E-state index in [0.717, 1.165) is 93.1 Å². The molecule has 2 aliphatic rings. The van der Waals surface area contributed by atoms with E-state index in [1.807, 2.05) is 92.7 Å². The molecule has 0 spiro atoms. The Hall–Kier alpha value is -5.88. The van der Waals surface area contributed by atoms with Crippen LogP contribution in [0.15, 0.2) is 84.9 Å². The molecule has 9 rings (SSSR count). The van der Waals surface area contributed by atoms with Gasteiger partial charge in [-0.05, 0) is 131 Å². The number of imide groups is 2. The summed E-state index contributed by atoms with van der Waals surface area (Å²) >= 11 is 0. The third-order valence-electron chi connectivity index (χ3n) is 11.3. The van der Waals surface area contributed by atoms with Crippen molar-refractivity contribution in [1.82, 2.24) is 0 Å². The van der Waals surface area contributed by atoms with E-state index in [-0.39, 0.29) is 23.6 Å². The smallest absolute Gasteiger partial charge is 0.265 e. The first-order chi connectivity index (χ1) is 25.2. The summed E-state index contributed by atoms with van der Waals surface area (Å²) in [5, 5.41) is 6.50. The summed E-state index contributed by atoms with van der Waals surface area (Å²) in [6, 6.07) is 27.2. The van der Waals surface area contributed by atoms with Crippen molar-refractivity contribution in [1.29, 1.82) is 0 Å². The molecule has 0 aliphatic carbocycles. The lowest BCUT2D eigenvalue weighted by atomic mass is 9.82. The number of hydrogen-bond donors (Lipinski definition) is 0. The molecule has 6 heteroatoms. The fraction of sp³-hybridized carbons (Fsp3) is 0.217. The van der Waals surface area contributed by atoms with Crippen molar-refractivity contribution in [2.45, 2.75) is 66.2 Å². The molecule has 7 aromatic carbocycles. The average Bonchev–Trinajstić information content (AvgIpc) is 3.15. The second-order valence-corrected chi connectivity index (χ2v) is 14.5. The first-order valence-corrected chi connectivity index (χ1v) is 18.4. The Labute approximate surface area is 302 Å². The Balaban J connectivity index is 1.23. The molecule has 0 radical (unpaired) electrons. The first-order valence-electron chi connectivity index (χ1n) is 18.4. The summed E-state index contributed by atoms with van der Waals surface area (Å²) in [6.45, 7) is 8.19. The standard InChI is InChI=1S/C46H38N2O4/c1-5-7-9-27-13-12-26(4)37(24-27)47-43(49)33-19-15-29-31-17-21-35-42-36(22-18-32(40(31)42)30-16-20-34(44(47)50)41(33)39(29)30)46(52)48(45(35)51)38-23-25(3)11-14-28(38)10-8-6-2/h11-24H,5-10H2,1-4H3. The second-order valence-electron chi connectivity index (χ2n) is 14.5. The number of hydrogen-bond acceptors (Lipinski definition) is 4. The fourth-order valence-electron chi connectivity index (χ4n) is 8.60. The normalized spacial score (nSPS) is 14.3. The highest BCUT2D eigenvalue weighted by Gasteiger charge is 2.38. The number of rotatable bonds is 8. The van der Waals surface area contributed by atoms with Crippen LogP contribution in [0.25, 0.3) is 43.1 Å². The molecule has 0 aromatic heterocycles. The molecule has 0 saturated heterocycles. The van der Waals surface area contributed by atoms with Crippen molar-refractivity contribution in [3.05, 3.63) is 129 Å². The van der Waals surface area contributed by atoms with Crippen molar-refractivity contribution in [3.63, 3.8) is 0 Å². The highest BCUT2D eigenvalue weighted by molar-refractivity contribution is 6.45. The molecule has 0 N–H and O–H groups in total. The topological polar surface area (TPSA) is 74.8 Å². The van der Waals surface area contributed by atoms with Gasteiger partial charge in [0.15, 0.2) is 0 Å². The predicted molar refractivity (Wildman–Crippen MR) is 210 cm³/mol. The molecular formula is C46H38N2O4. The molecule has 0 unspecified atom stereocenters. The van der Waals surface area contributed by atoms with Crippen LogP contribution < -0.4 is 9.80 Å². The van der Waals surface area contributed by atoms with Crippen LogP contribution in [-0.4, -0.2) is 23.6 Å². The highest BCUT2D eigenvalue weighted by atomic mass is 16.2. The monoisotopic (exact) mass is 682 g/mol. The van der Waals surface area contributed by atoms with Crippen molar-refractivity contribution in [2.24, 2.45) is 0 Å². The van der Waals surface area contributed by atoms with E-state index < -0.39 is 0 Å². The van der Waals surface area contributed by atoms with Crippen LogP contribution in [0.1, 0.15) is 103 Å². The maximum atomic E-state index is 14.4. The maximum absolute atomic E-state index is 14.4. The quantitative estimate of drug-likeness (QED) is 0.0908. The van der Waals surface area contributed by atoms with Gasteiger partial charge in [0, 0.05) is 33.0 Å². The number of carbonyl (C=O) groups is 4. The summed E-state index contributed by atoms with van der Waals surface area (Å²) in [5.41, 5.74) is 7.17. The van der Waals surface area contributed by atoms with Gasteiger partial charge in [0.1, 0.15) is 0 Å². The Bertz CT molecular complexity index is 2600. The average molecular weight is 683 g/mol. The number of fused-ring (bicyclic) bond motifs is 2. The molecule has 2 aliphatic heterocycles. The zero-order chi connectivity index (χ0) is 36.0. The van der Waals surface area contributed by atoms with E-state index in [2.05, 4.69) is 19.9 Å². The number of aryl methyl sites for hydroxylation is 4. The molecule has 0 bridgehead atoms. The maximum Gasteiger partial charge on any atom is 0.265 e. The van der Waals surface area contributed by atoms with Crippen molar-refractivity contribution in [2.75, 3.05) is 9.80 Å². The minimum Gasteiger partial charge on any atom is -0.268 e. The number of anilines is 2. The third kappa shape index (κ3) is 4.43. The Morgan fingerprint density at radius 2 is 0.923 bits per heavy atom. The van der Waals surface area contributed by atoms with Crippen molar-refractivity contribution < 1.29 is 19.2 Å². The minimum atomic E-state index is -0.335. The Kier molecular flexibility index (Phi) is 7.30. The number of amides is 4. The first kappa shape index (κ1) is 32.1. The summed E-state index contributed by atoms with van der Waals surface area (Å²) in [5.74, 6) is -1.32. The van der Waals surface area contributed by atoms with Gasteiger partial charge in [0.05, 0.1) is 11.4 Å². The molecule has 4 amide bonds. The van der Waals surface area contributed by atoms with Gasteiger partial charge in [-0.15, -0.1) is 0 Å². The van der Waals surface area contributed by atoms with E-state index in [4.69, 9.17) is 0 Å². The van der Waals surface area contributed by atoms with E-state index in [9.17, 15) is 19.2 Å². The lowest BCUT2D eigenvalue weighted by molar-refractivity contribution is 0.0877.